The molecule has 0 aromatic rings. The number of aliphatic imine (C=N–C) groups is 1. The van der Waals surface area contributed by atoms with E-state index in [0.29, 0.717) is 17.9 Å². The number of hydrogen-bond acceptors (Lipinski definition) is 4. The Morgan fingerprint density at radius 3 is 2.94 bits per heavy atom. The number of nitrogens with zero attached hydrogens (tertiary/aromatic N) is 2. The van der Waals surface area contributed by atoms with Crippen LogP contribution in [0.4, 0.5) is 0 Å². The molecular weight excluding hydrogens is 230 g/mol. The predicted octanol–water partition coefficient (Wildman–Crippen LogP) is -0.228. The van der Waals surface area contributed by atoms with Crippen LogP contribution in [0, 0.1) is 5.92 Å². The van der Waals surface area contributed by atoms with E-state index < -0.39 is 0 Å². The minimum absolute atomic E-state index is 0.443. The van der Waals surface area contributed by atoms with Crippen LogP contribution in [0.15, 0.2) is 4.99 Å². The van der Waals surface area contributed by atoms with Crippen molar-refractivity contribution in [3.05, 3.63) is 0 Å². The number of hydrazine groups is 1. The largest absolute Gasteiger partial charge is 0.385 e. The second-order valence-corrected chi connectivity index (χ2v) is 5.00. The number of piperidine rings is 1. The molecule has 1 aliphatic rings. The van der Waals surface area contributed by atoms with Crippen LogP contribution in [0.25, 0.3) is 0 Å². The first-order valence-corrected chi connectivity index (χ1v) is 6.62. The summed E-state index contributed by atoms with van der Waals surface area (Å²) in [5.74, 6) is 6.78. The fourth-order valence-corrected chi connectivity index (χ4v) is 2.28. The number of nitrogens with one attached hydrogen (secondary N) is 2. The Kier molecular flexibility index (Phi) is 7.00. The van der Waals surface area contributed by atoms with E-state index in [1.807, 2.05) is 0 Å². The summed E-state index contributed by atoms with van der Waals surface area (Å²) in [7, 11) is 3.86. The van der Waals surface area contributed by atoms with E-state index in [0.717, 1.165) is 39.1 Å². The van der Waals surface area contributed by atoms with Gasteiger partial charge in [-0.1, -0.05) is 6.92 Å². The van der Waals surface area contributed by atoms with Gasteiger partial charge in [-0.2, -0.15) is 0 Å². The van der Waals surface area contributed by atoms with Crippen LogP contribution in [0.1, 0.15) is 19.8 Å². The van der Waals surface area contributed by atoms with Gasteiger partial charge < -0.3 is 15.0 Å². The van der Waals surface area contributed by atoms with Crippen LogP contribution in [0.5, 0.6) is 0 Å². The highest BCUT2D eigenvalue weighted by atomic mass is 16.5. The van der Waals surface area contributed by atoms with E-state index in [-0.39, 0.29) is 0 Å². The molecule has 2 unspecified atom stereocenters. The molecule has 1 heterocycles. The average Bonchev–Trinajstić information content (AvgIpc) is 2.35. The summed E-state index contributed by atoms with van der Waals surface area (Å²) < 4.78 is 4.99. The van der Waals surface area contributed by atoms with Crippen LogP contribution >= 0.6 is 0 Å². The third-order valence-corrected chi connectivity index (χ3v) is 3.34. The zero-order chi connectivity index (χ0) is 13.4. The summed E-state index contributed by atoms with van der Waals surface area (Å²) in [5, 5.41) is 3.40. The fraction of sp³-hybridized carbons (Fsp3) is 0.917. The molecule has 0 aromatic heterocycles. The van der Waals surface area contributed by atoms with Gasteiger partial charge in [-0.15, -0.1) is 0 Å². The van der Waals surface area contributed by atoms with Gasteiger partial charge in [-0.25, -0.2) is 5.84 Å². The van der Waals surface area contributed by atoms with Crippen molar-refractivity contribution in [2.24, 2.45) is 16.8 Å². The van der Waals surface area contributed by atoms with Gasteiger partial charge in [-0.05, 0) is 32.4 Å². The number of methoxy groups -OCH3 is 1. The van der Waals surface area contributed by atoms with E-state index in [1.54, 1.807) is 7.11 Å². The molecule has 0 bridgehead atoms. The van der Waals surface area contributed by atoms with Gasteiger partial charge in [0, 0.05) is 32.8 Å². The standard InChI is InChI=1S/C12H27N5O/c1-10-9-17(2)7-5-11(10)15-12(16-13)14-6-4-8-18-3/h10-11H,4-9,13H2,1-3H3,(H2,14,15,16). The maximum absolute atomic E-state index is 5.49. The number of ether oxygens (including phenoxy) is 1. The van der Waals surface area contributed by atoms with Crippen molar-refractivity contribution in [3.63, 3.8) is 0 Å². The van der Waals surface area contributed by atoms with Crippen molar-refractivity contribution in [2.75, 3.05) is 40.4 Å². The molecular formula is C12H27N5O. The quantitative estimate of drug-likeness (QED) is 0.209. The second-order valence-electron chi connectivity index (χ2n) is 5.00. The van der Waals surface area contributed by atoms with E-state index >= 15 is 0 Å². The van der Waals surface area contributed by atoms with Crippen LogP contribution < -0.4 is 16.6 Å². The van der Waals surface area contributed by atoms with Gasteiger partial charge in [-0.3, -0.25) is 10.4 Å². The Morgan fingerprint density at radius 2 is 2.33 bits per heavy atom. The van der Waals surface area contributed by atoms with Crippen molar-refractivity contribution in [1.29, 1.82) is 0 Å². The lowest BCUT2D eigenvalue weighted by molar-refractivity contribution is 0.186. The average molecular weight is 257 g/mol. The summed E-state index contributed by atoms with van der Waals surface area (Å²) in [4.78, 5) is 6.76. The molecule has 1 aliphatic heterocycles. The molecule has 0 radical (unpaired) electrons. The van der Waals surface area contributed by atoms with Gasteiger partial charge in [0.1, 0.15) is 0 Å². The van der Waals surface area contributed by atoms with Crippen LogP contribution in [0.2, 0.25) is 0 Å². The van der Waals surface area contributed by atoms with Crippen molar-refractivity contribution < 1.29 is 4.74 Å². The van der Waals surface area contributed by atoms with Crippen molar-refractivity contribution in [2.45, 2.75) is 25.8 Å². The lowest BCUT2D eigenvalue weighted by atomic mass is 9.94. The summed E-state index contributed by atoms with van der Waals surface area (Å²) in [6, 6.07) is 0.443. The fourth-order valence-electron chi connectivity index (χ4n) is 2.28. The number of likely N-dealkylation sites (tertiary alicyclic amines) is 1. The molecule has 0 amide bonds. The van der Waals surface area contributed by atoms with Gasteiger partial charge in [0.25, 0.3) is 0 Å². The van der Waals surface area contributed by atoms with Crippen molar-refractivity contribution in [1.82, 2.24) is 15.6 Å². The molecule has 18 heavy (non-hydrogen) atoms. The first-order valence-electron chi connectivity index (χ1n) is 6.62. The van der Waals surface area contributed by atoms with E-state index in [2.05, 4.69) is 34.6 Å². The number of hydrogen-bond donors (Lipinski definition) is 3. The molecule has 6 heteroatoms. The van der Waals surface area contributed by atoms with Gasteiger partial charge in [0.05, 0.1) is 0 Å². The Balaban J connectivity index is 2.37. The zero-order valence-corrected chi connectivity index (χ0v) is 11.8. The number of guanidine groups is 1. The second kappa shape index (κ2) is 8.29. The number of nitrogens with two attached hydrogens (primary N) is 1. The summed E-state index contributed by atoms with van der Waals surface area (Å²) in [6.45, 7) is 5.93. The van der Waals surface area contributed by atoms with Gasteiger partial charge in [0.15, 0.2) is 0 Å². The smallest absolute Gasteiger partial charge is 0.205 e. The summed E-state index contributed by atoms with van der Waals surface area (Å²) in [6.07, 6.45) is 2.03. The highest BCUT2D eigenvalue weighted by molar-refractivity contribution is 5.79. The monoisotopic (exact) mass is 257 g/mol. The van der Waals surface area contributed by atoms with Gasteiger partial charge >= 0.3 is 0 Å². The minimum atomic E-state index is 0.443. The lowest BCUT2D eigenvalue weighted by Crippen LogP contribution is -2.53. The van der Waals surface area contributed by atoms with Crippen LogP contribution in [0.3, 0.4) is 0 Å². The molecule has 0 aliphatic carbocycles. The van der Waals surface area contributed by atoms with Gasteiger partial charge in [0.2, 0.25) is 5.96 Å². The summed E-state index contributed by atoms with van der Waals surface area (Å²) >= 11 is 0. The van der Waals surface area contributed by atoms with E-state index in [1.165, 1.54) is 0 Å². The van der Waals surface area contributed by atoms with E-state index in [4.69, 9.17) is 10.6 Å². The zero-order valence-electron chi connectivity index (χ0n) is 11.8. The highest BCUT2D eigenvalue weighted by Gasteiger charge is 2.24. The van der Waals surface area contributed by atoms with Crippen molar-refractivity contribution >= 4 is 5.96 Å². The molecule has 1 saturated heterocycles. The third kappa shape index (κ3) is 5.20. The Labute approximate surface area is 110 Å². The Bertz CT molecular complexity index is 259. The SMILES string of the molecule is COCCCN=C(NN)NC1CCN(C)CC1C. The maximum atomic E-state index is 5.49. The normalized spacial score (nSPS) is 26.1. The molecule has 106 valence electrons. The molecule has 0 saturated carbocycles. The molecule has 0 spiro atoms. The Hall–Kier alpha value is -0.850. The van der Waals surface area contributed by atoms with Crippen molar-refractivity contribution in [3.8, 4) is 0 Å². The summed E-state index contributed by atoms with van der Waals surface area (Å²) in [5.41, 5.74) is 2.64. The van der Waals surface area contributed by atoms with E-state index in [9.17, 15) is 0 Å². The first-order chi connectivity index (χ1) is 8.67. The molecule has 1 fully saturated rings. The number of rotatable bonds is 5. The van der Waals surface area contributed by atoms with Crippen LogP contribution in [-0.4, -0.2) is 57.3 Å². The minimum Gasteiger partial charge on any atom is -0.385 e. The predicted molar refractivity (Wildman–Crippen MR) is 74.3 cm³/mol. The third-order valence-electron chi connectivity index (χ3n) is 3.34. The first kappa shape index (κ1) is 15.2. The Morgan fingerprint density at radius 1 is 1.56 bits per heavy atom. The molecule has 2 atom stereocenters. The molecule has 4 N–H and O–H groups in total. The van der Waals surface area contributed by atoms with Crippen LogP contribution in [-0.2, 0) is 4.74 Å². The highest BCUT2D eigenvalue weighted by Crippen LogP contribution is 2.14. The topological polar surface area (TPSA) is 74.9 Å². The lowest BCUT2D eigenvalue weighted by Gasteiger charge is -2.35. The molecule has 6 nitrogen and oxygen atoms in total. The molecule has 1 rings (SSSR count). The maximum Gasteiger partial charge on any atom is 0.205 e. The molecule has 0 aromatic carbocycles.